The van der Waals surface area contributed by atoms with Gasteiger partial charge in [-0.15, -0.1) is 0 Å². The summed E-state index contributed by atoms with van der Waals surface area (Å²) in [6.07, 6.45) is 0. The van der Waals surface area contributed by atoms with Crippen molar-refractivity contribution >= 4 is 17.6 Å². The van der Waals surface area contributed by atoms with Crippen LogP contribution in [0, 0.1) is 0 Å². The number of hydrogen-bond acceptors (Lipinski definition) is 3. The SMILES string of the molecule is COCC(=O)OCCl. The molecule has 0 N–H and O–H groups in total. The summed E-state index contributed by atoms with van der Waals surface area (Å²) in [6.45, 7) is -0.0350. The molecule has 0 atom stereocenters. The predicted molar refractivity (Wildman–Crippen MR) is 28.7 cm³/mol. The first-order valence-corrected chi connectivity index (χ1v) is 2.55. The van der Waals surface area contributed by atoms with Gasteiger partial charge in [0.15, 0.2) is 6.07 Å². The van der Waals surface area contributed by atoms with Crippen molar-refractivity contribution in [2.24, 2.45) is 0 Å². The number of esters is 1. The molecule has 0 amide bonds. The van der Waals surface area contributed by atoms with E-state index in [2.05, 4.69) is 9.47 Å². The molecule has 0 aliphatic heterocycles. The molecule has 3 nitrogen and oxygen atoms in total. The monoisotopic (exact) mass is 138 g/mol. The van der Waals surface area contributed by atoms with Gasteiger partial charge >= 0.3 is 5.97 Å². The average Bonchev–Trinajstić information content (AvgIpc) is 1.68. The summed E-state index contributed by atoms with van der Waals surface area (Å²) in [7, 11) is 1.41. The highest BCUT2D eigenvalue weighted by Gasteiger charge is 1.96. The quantitative estimate of drug-likeness (QED) is 0.418. The Hall–Kier alpha value is -0.280. The lowest BCUT2D eigenvalue weighted by atomic mass is 10.7. The van der Waals surface area contributed by atoms with Crippen molar-refractivity contribution in [3.05, 3.63) is 0 Å². The molecule has 0 bridgehead atoms. The van der Waals surface area contributed by atoms with E-state index in [1.54, 1.807) is 0 Å². The Kier molecular flexibility index (Phi) is 4.70. The van der Waals surface area contributed by atoms with Gasteiger partial charge in [-0.2, -0.15) is 0 Å². The average molecular weight is 139 g/mol. The minimum Gasteiger partial charge on any atom is -0.448 e. The van der Waals surface area contributed by atoms with E-state index in [9.17, 15) is 4.79 Å². The topological polar surface area (TPSA) is 35.5 Å². The molecule has 0 aromatic carbocycles. The van der Waals surface area contributed by atoms with E-state index in [-0.39, 0.29) is 12.7 Å². The highest BCUT2D eigenvalue weighted by molar-refractivity contribution is 6.17. The van der Waals surface area contributed by atoms with Crippen LogP contribution >= 0.6 is 11.6 Å². The van der Waals surface area contributed by atoms with Crippen LogP contribution in [-0.4, -0.2) is 25.8 Å². The van der Waals surface area contributed by atoms with Crippen molar-refractivity contribution in [2.45, 2.75) is 0 Å². The summed E-state index contributed by atoms with van der Waals surface area (Å²) < 4.78 is 8.71. The summed E-state index contributed by atoms with van der Waals surface area (Å²) in [4.78, 5) is 10.2. The maximum absolute atomic E-state index is 10.2. The Morgan fingerprint density at radius 2 is 2.38 bits per heavy atom. The normalized spacial score (nSPS) is 8.75. The highest BCUT2D eigenvalue weighted by atomic mass is 35.5. The van der Waals surface area contributed by atoms with Crippen LogP contribution in [0.1, 0.15) is 0 Å². The Balaban J connectivity index is 3.06. The zero-order valence-corrected chi connectivity index (χ0v) is 5.27. The summed E-state index contributed by atoms with van der Waals surface area (Å²) >= 11 is 5.03. The number of carbonyl (C=O) groups is 1. The fourth-order valence-corrected chi connectivity index (χ4v) is 0.342. The largest absolute Gasteiger partial charge is 0.448 e. The van der Waals surface area contributed by atoms with Crippen molar-refractivity contribution in [3.8, 4) is 0 Å². The third kappa shape index (κ3) is 3.89. The summed E-state index contributed by atoms with van der Waals surface area (Å²) in [6, 6.07) is -0.109. The number of hydrogen-bond donors (Lipinski definition) is 0. The van der Waals surface area contributed by atoms with Gasteiger partial charge in [-0.3, -0.25) is 0 Å². The molecule has 0 radical (unpaired) electrons. The van der Waals surface area contributed by atoms with E-state index in [1.807, 2.05) is 0 Å². The number of carbonyl (C=O) groups excluding carboxylic acids is 1. The van der Waals surface area contributed by atoms with E-state index in [4.69, 9.17) is 11.6 Å². The number of halogens is 1. The van der Waals surface area contributed by atoms with Crippen molar-refractivity contribution < 1.29 is 14.3 Å². The second-order valence-electron chi connectivity index (χ2n) is 1.06. The Morgan fingerprint density at radius 3 is 2.75 bits per heavy atom. The molecule has 4 heteroatoms. The summed E-state index contributed by atoms with van der Waals surface area (Å²) in [5.41, 5.74) is 0. The van der Waals surface area contributed by atoms with Gasteiger partial charge in [0.25, 0.3) is 0 Å². The van der Waals surface area contributed by atoms with Gasteiger partial charge in [-0.05, 0) is 0 Å². The van der Waals surface area contributed by atoms with E-state index in [0.29, 0.717) is 0 Å². The summed E-state index contributed by atoms with van der Waals surface area (Å²) in [5, 5.41) is 0. The number of ether oxygens (including phenoxy) is 2. The molecule has 0 fully saturated rings. The van der Waals surface area contributed by atoms with Crippen molar-refractivity contribution in [2.75, 3.05) is 19.8 Å². The van der Waals surface area contributed by atoms with Gasteiger partial charge in [-0.25, -0.2) is 4.79 Å². The lowest BCUT2D eigenvalue weighted by Crippen LogP contribution is -2.09. The first kappa shape index (κ1) is 7.72. The fourth-order valence-electron chi connectivity index (χ4n) is 0.220. The van der Waals surface area contributed by atoms with Crippen LogP contribution < -0.4 is 0 Å². The predicted octanol–water partition coefficient (Wildman–Crippen LogP) is 0.372. The molecule has 0 aromatic rings. The second-order valence-corrected chi connectivity index (χ2v) is 1.28. The number of methoxy groups -OCH3 is 1. The molecule has 0 unspecified atom stereocenters. The number of alkyl halides is 1. The Labute approximate surface area is 52.5 Å². The van der Waals surface area contributed by atoms with Gasteiger partial charge in [0.05, 0.1) is 0 Å². The van der Waals surface area contributed by atoms with Gasteiger partial charge in [0.2, 0.25) is 0 Å². The molecule has 0 spiro atoms. The summed E-state index contributed by atoms with van der Waals surface area (Å²) in [5.74, 6) is -0.442. The van der Waals surface area contributed by atoms with Crippen LogP contribution in [-0.2, 0) is 14.3 Å². The standard InChI is InChI=1S/C4H7ClO3/c1-7-2-4(6)8-3-5/h2-3H2,1H3. The molecular weight excluding hydrogens is 131 g/mol. The Morgan fingerprint density at radius 1 is 1.75 bits per heavy atom. The molecule has 0 saturated heterocycles. The fraction of sp³-hybridized carbons (Fsp3) is 0.750. The van der Waals surface area contributed by atoms with E-state index in [0.717, 1.165) is 0 Å². The van der Waals surface area contributed by atoms with Gasteiger partial charge in [-0.1, -0.05) is 11.6 Å². The van der Waals surface area contributed by atoms with Crippen LogP contribution in [0.4, 0.5) is 0 Å². The maximum atomic E-state index is 10.2. The molecule has 0 aromatic heterocycles. The van der Waals surface area contributed by atoms with Gasteiger partial charge < -0.3 is 9.47 Å². The van der Waals surface area contributed by atoms with Crippen LogP contribution in [0.3, 0.4) is 0 Å². The minimum atomic E-state index is -0.442. The molecule has 0 rings (SSSR count). The maximum Gasteiger partial charge on any atom is 0.333 e. The van der Waals surface area contributed by atoms with Crippen LogP contribution in [0.25, 0.3) is 0 Å². The molecule has 0 heterocycles. The van der Waals surface area contributed by atoms with E-state index < -0.39 is 5.97 Å². The third-order valence-corrected chi connectivity index (χ3v) is 0.587. The van der Waals surface area contributed by atoms with E-state index in [1.165, 1.54) is 7.11 Å². The van der Waals surface area contributed by atoms with Crippen LogP contribution in [0.5, 0.6) is 0 Å². The second kappa shape index (κ2) is 4.87. The molecule has 0 saturated carbocycles. The van der Waals surface area contributed by atoms with Crippen molar-refractivity contribution in [1.82, 2.24) is 0 Å². The van der Waals surface area contributed by atoms with Crippen LogP contribution in [0.2, 0.25) is 0 Å². The van der Waals surface area contributed by atoms with E-state index >= 15 is 0 Å². The van der Waals surface area contributed by atoms with Gasteiger partial charge in [0, 0.05) is 7.11 Å². The Bertz CT molecular complexity index is 65.7. The zero-order chi connectivity index (χ0) is 6.41. The third-order valence-electron chi connectivity index (χ3n) is 0.478. The lowest BCUT2D eigenvalue weighted by molar-refractivity contribution is -0.145. The smallest absolute Gasteiger partial charge is 0.333 e. The van der Waals surface area contributed by atoms with Gasteiger partial charge in [0.1, 0.15) is 6.61 Å². The highest BCUT2D eigenvalue weighted by Crippen LogP contribution is 1.80. The molecule has 0 aliphatic carbocycles. The zero-order valence-electron chi connectivity index (χ0n) is 4.52. The first-order chi connectivity index (χ1) is 3.81. The van der Waals surface area contributed by atoms with Crippen molar-refractivity contribution in [1.29, 1.82) is 0 Å². The molecule has 48 valence electrons. The molecule has 8 heavy (non-hydrogen) atoms. The van der Waals surface area contributed by atoms with Crippen molar-refractivity contribution in [3.63, 3.8) is 0 Å². The number of rotatable bonds is 3. The van der Waals surface area contributed by atoms with Crippen LogP contribution in [0.15, 0.2) is 0 Å². The molecular formula is C4H7ClO3. The minimum absolute atomic E-state index is 0.0350. The first-order valence-electron chi connectivity index (χ1n) is 2.01. The molecule has 0 aliphatic rings. The lowest BCUT2D eigenvalue weighted by Gasteiger charge is -1.95.